The van der Waals surface area contributed by atoms with Crippen molar-refractivity contribution >= 4 is 17.1 Å². The second-order valence-corrected chi connectivity index (χ2v) is 3.42. The number of nitrogens with zero attached hydrogens (tertiary/aromatic N) is 3. The molecule has 0 aromatic carbocycles. The summed E-state index contributed by atoms with van der Waals surface area (Å²) in [5.74, 6) is 0.166. The molecule has 0 aliphatic rings. The Kier molecular flexibility index (Phi) is 2.03. The molecule has 0 unspecified atom stereocenters. The van der Waals surface area contributed by atoms with E-state index >= 15 is 0 Å². The summed E-state index contributed by atoms with van der Waals surface area (Å²) < 4.78 is 1.35. The fourth-order valence-electron chi connectivity index (χ4n) is 1.36. The van der Waals surface area contributed by atoms with E-state index in [1.807, 2.05) is 6.92 Å². The van der Waals surface area contributed by atoms with E-state index in [4.69, 9.17) is 5.73 Å². The highest BCUT2D eigenvalue weighted by atomic mass is 16.1. The Bertz CT molecular complexity index is 580. The van der Waals surface area contributed by atoms with Crippen molar-refractivity contribution in [2.24, 2.45) is 0 Å². The summed E-state index contributed by atoms with van der Waals surface area (Å²) in [5.41, 5.74) is 6.95. The SMILES string of the molecule is C=C(C)Cn1c(N)nc2[nH]cnc2c1=O. The van der Waals surface area contributed by atoms with Crippen LogP contribution in [0.25, 0.3) is 11.2 Å². The number of anilines is 1. The number of hydrogen-bond donors (Lipinski definition) is 2. The molecule has 2 aromatic heterocycles. The molecular weight excluding hydrogens is 194 g/mol. The monoisotopic (exact) mass is 205 g/mol. The van der Waals surface area contributed by atoms with Gasteiger partial charge in [0.2, 0.25) is 5.95 Å². The third-order valence-electron chi connectivity index (χ3n) is 2.00. The second-order valence-electron chi connectivity index (χ2n) is 3.42. The summed E-state index contributed by atoms with van der Waals surface area (Å²) in [7, 11) is 0. The van der Waals surface area contributed by atoms with Crippen LogP contribution in [0.2, 0.25) is 0 Å². The van der Waals surface area contributed by atoms with Gasteiger partial charge in [0.25, 0.3) is 5.56 Å². The Labute approximate surface area is 85.5 Å². The lowest BCUT2D eigenvalue weighted by molar-refractivity contribution is 0.751. The van der Waals surface area contributed by atoms with Crippen molar-refractivity contribution in [3.63, 3.8) is 0 Å². The van der Waals surface area contributed by atoms with Gasteiger partial charge in [0.1, 0.15) is 0 Å². The molecule has 78 valence electrons. The van der Waals surface area contributed by atoms with E-state index in [2.05, 4.69) is 21.5 Å². The number of aromatic amines is 1. The zero-order valence-electron chi connectivity index (χ0n) is 8.32. The van der Waals surface area contributed by atoms with E-state index in [1.54, 1.807) is 0 Å². The van der Waals surface area contributed by atoms with Crippen molar-refractivity contribution in [1.82, 2.24) is 19.5 Å². The molecule has 0 radical (unpaired) electrons. The van der Waals surface area contributed by atoms with Crippen LogP contribution in [0, 0.1) is 0 Å². The molecule has 0 saturated heterocycles. The summed E-state index contributed by atoms with van der Waals surface area (Å²) in [6.07, 6.45) is 1.42. The number of fused-ring (bicyclic) bond motifs is 1. The Morgan fingerprint density at radius 2 is 2.47 bits per heavy atom. The van der Waals surface area contributed by atoms with E-state index in [0.29, 0.717) is 17.7 Å². The summed E-state index contributed by atoms with van der Waals surface area (Å²) in [4.78, 5) is 22.5. The number of H-pyrrole nitrogens is 1. The van der Waals surface area contributed by atoms with Crippen molar-refractivity contribution in [3.05, 3.63) is 28.8 Å². The quantitative estimate of drug-likeness (QED) is 0.689. The smallest absolute Gasteiger partial charge is 0.283 e. The van der Waals surface area contributed by atoms with Gasteiger partial charge in [-0.1, -0.05) is 12.2 Å². The van der Waals surface area contributed by atoms with Gasteiger partial charge in [-0.15, -0.1) is 0 Å². The first-order valence-electron chi connectivity index (χ1n) is 4.43. The summed E-state index contributed by atoms with van der Waals surface area (Å²) in [6.45, 7) is 5.91. The maximum absolute atomic E-state index is 11.9. The number of hydrogen-bond acceptors (Lipinski definition) is 4. The minimum Gasteiger partial charge on any atom is -0.369 e. The van der Waals surface area contributed by atoms with Crippen LogP contribution in [0.1, 0.15) is 6.92 Å². The molecule has 6 heteroatoms. The van der Waals surface area contributed by atoms with Crippen LogP contribution in [-0.4, -0.2) is 19.5 Å². The predicted molar refractivity (Wildman–Crippen MR) is 57.4 cm³/mol. The van der Waals surface area contributed by atoms with E-state index in [1.165, 1.54) is 10.9 Å². The average molecular weight is 205 g/mol. The fraction of sp³-hybridized carbons (Fsp3) is 0.222. The van der Waals surface area contributed by atoms with Crippen molar-refractivity contribution in [2.45, 2.75) is 13.5 Å². The van der Waals surface area contributed by atoms with Gasteiger partial charge in [0.15, 0.2) is 11.2 Å². The van der Waals surface area contributed by atoms with Gasteiger partial charge in [0, 0.05) is 6.54 Å². The minimum atomic E-state index is -0.248. The molecule has 0 amide bonds. The fourth-order valence-corrected chi connectivity index (χ4v) is 1.36. The molecular formula is C9H11N5O. The third-order valence-corrected chi connectivity index (χ3v) is 2.00. The van der Waals surface area contributed by atoms with Crippen LogP contribution in [0.3, 0.4) is 0 Å². The van der Waals surface area contributed by atoms with Crippen LogP contribution in [-0.2, 0) is 6.54 Å². The number of allylic oxidation sites excluding steroid dienone is 1. The van der Waals surface area contributed by atoms with E-state index in [0.717, 1.165) is 5.57 Å². The zero-order chi connectivity index (χ0) is 11.0. The molecule has 2 aromatic rings. The Morgan fingerprint density at radius 1 is 1.73 bits per heavy atom. The summed E-state index contributed by atoms with van der Waals surface area (Å²) in [6, 6.07) is 0. The van der Waals surface area contributed by atoms with E-state index in [-0.39, 0.29) is 11.5 Å². The molecule has 0 bridgehead atoms. The van der Waals surface area contributed by atoms with Crippen LogP contribution in [0.5, 0.6) is 0 Å². The van der Waals surface area contributed by atoms with Gasteiger partial charge in [-0.3, -0.25) is 9.36 Å². The molecule has 0 fully saturated rings. The number of aromatic nitrogens is 4. The van der Waals surface area contributed by atoms with Crippen molar-refractivity contribution < 1.29 is 0 Å². The predicted octanol–water partition coefficient (Wildman–Crippen LogP) is 0.278. The molecule has 3 N–H and O–H groups in total. The molecule has 0 aliphatic heterocycles. The number of nitrogens with two attached hydrogens (primary N) is 1. The van der Waals surface area contributed by atoms with Gasteiger partial charge in [0.05, 0.1) is 6.33 Å². The first-order valence-corrected chi connectivity index (χ1v) is 4.43. The maximum atomic E-state index is 11.9. The van der Waals surface area contributed by atoms with Crippen molar-refractivity contribution in [2.75, 3.05) is 5.73 Å². The molecule has 0 spiro atoms. The molecule has 0 atom stereocenters. The van der Waals surface area contributed by atoms with Gasteiger partial charge < -0.3 is 10.7 Å². The number of rotatable bonds is 2. The highest BCUT2D eigenvalue weighted by molar-refractivity contribution is 5.69. The second kappa shape index (κ2) is 3.23. The molecule has 15 heavy (non-hydrogen) atoms. The van der Waals surface area contributed by atoms with Gasteiger partial charge in [-0.05, 0) is 6.92 Å². The maximum Gasteiger partial charge on any atom is 0.283 e. The highest BCUT2D eigenvalue weighted by Crippen LogP contribution is 2.05. The van der Waals surface area contributed by atoms with Gasteiger partial charge >= 0.3 is 0 Å². The van der Waals surface area contributed by atoms with Gasteiger partial charge in [-0.2, -0.15) is 4.98 Å². The topological polar surface area (TPSA) is 89.6 Å². The van der Waals surface area contributed by atoms with E-state index < -0.39 is 0 Å². The van der Waals surface area contributed by atoms with Crippen LogP contribution < -0.4 is 11.3 Å². The lowest BCUT2D eigenvalue weighted by Gasteiger charge is -2.07. The van der Waals surface area contributed by atoms with Crippen molar-refractivity contribution in [1.29, 1.82) is 0 Å². The Balaban J connectivity index is 2.72. The number of nitrogens with one attached hydrogen (secondary N) is 1. The average Bonchev–Trinajstić information content (AvgIpc) is 2.59. The standard InChI is InChI=1S/C9H11N5O/c1-5(2)3-14-8(15)6-7(12-4-11-6)13-9(14)10/h4H,1,3H2,2H3,(H2,10,13)(H,11,12). The normalized spacial score (nSPS) is 10.7. The molecule has 2 rings (SSSR count). The Morgan fingerprint density at radius 3 is 3.13 bits per heavy atom. The van der Waals surface area contributed by atoms with Crippen LogP contribution in [0.4, 0.5) is 5.95 Å². The molecule has 6 nitrogen and oxygen atoms in total. The number of nitrogen functional groups attached to an aromatic ring is 1. The Hall–Kier alpha value is -2.11. The lowest BCUT2D eigenvalue weighted by Crippen LogP contribution is -2.25. The first-order chi connectivity index (χ1) is 7.09. The highest BCUT2D eigenvalue weighted by Gasteiger charge is 2.10. The summed E-state index contributed by atoms with van der Waals surface area (Å²) >= 11 is 0. The molecule has 2 heterocycles. The van der Waals surface area contributed by atoms with Crippen LogP contribution >= 0.6 is 0 Å². The third kappa shape index (κ3) is 1.50. The molecule has 0 aliphatic carbocycles. The number of imidazole rings is 1. The van der Waals surface area contributed by atoms with Crippen molar-refractivity contribution in [3.8, 4) is 0 Å². The molecule has 0 saturated carbocycles. The zero-order valence-corrected chi connectivity index (χ0v) is 8.32. The minimum absolute atomic E-state index is 0.166. The van der Waals surface area contributed by atoms with Gasteiger partial charge in [-0.25, -0.2) is 4.98 Å². The first kappa shape index (κ1) is 9.45. The van der Waals surface area contributed by atoms with E-state index in [9.17, 15) is 4.79 Å². The lowest BCUT2D eigenvalue weighted by atomic mass is 10.3. The van der Waals surface area contributed by atoms with Crippen LogP contribution in [0.15, 0.2) is 23.3 Å². The summed E-state index contributed by atoms with van der Waals surface area (Å²) in [5, 5.41) is 0. The largest absolute Gasteiger partial charge is 0.369 e.